The highest BCUT2D eigenvalue weighted by molar-refractivity contribution is 6.08. The molecule has 4 fully saturated rings. The van der Waals surface area contributed by atoms with Gasteiger partial charge in [-0.25, -0.2) is 0 Å². The Morgan fingerprint density at radius 3 is 2.62 bits per heavy atom. The molecule has 0 radical (unpaired) electrons. The lowest BCUT2D eigenvalue weighted by Gasteiger charge is -2.51. The van der Waals surface area contributed by atoms with Crippen molar-refractivity contribution in [3.05, 3.63) is 12.2 Å². The van der Waals surface area contributed by atoms with Crippen LogP contribution >= 0.6 is 0 Å². The SMILES string of the molecule is C=C1C(=O)[C@]23O[C@@H]2[C@@H]1CCC(=O)[C@]1(C)CCCC(C)(C)[C@H]1C[C@H]3O. The first-order chi connectivity index (χ1) is 11.1. The lowest BCUT2D eigenvalue weighted by molar-refractivity contribution is -0.141. The lowest BCUT2D eigenvalue weighted by atomic mass is 9.52. The molecular formula is C20H28O4. The third-order valence-corrected chi connectivity index (χ3v) is 7.65. The molecule has 4 nitrogen and oxygen atoms in total. The van der Waals surface area contributed by atoms with Gasteiger partial charge in [-0.3, -0.25) is 9.59 Å². The predicted octanol–water partition coefficient (Wildman–Crippen LogP) is 2.83. The van der Waals surface area contributed by atoms with E-state index in [0.717, 1.165) is 19.3 Å². The molecular weight excluding hydrogens is 304 g/mol. The maximum atomic E-state index is 13.1. The van der Waals surface area contributed by atoms with Crippen LogP contribution in [0.3, 0.4) is 0 Å². The van der Waals surface area contributed by atoms with E-state index in [1.54, 1.807) is 0 Å². The number of carbonyl (C=O) groups is 2. The van der Waals surface area contributed by atoms with E-state index in [1.165, 1.54) is 0 Å². The number of hydrogen-bond acceptors (Lipinski definition) is 4. The third kappa shape index (κ3) is 1.87. The van der Waals surface area contributed by atoms with Gasteiger partial charge >= 0.3 is 0 Å². The van der Waals surface area contributed by atoms with E-state index in [-0.39, 0.29) is 34.9 Å². The van der Waals surface area contributed by atoms with Crippen LogP contribution in [0.15, 0.2) is 12.2 Å². The molecule has 1 N–H and O–H groups in total. The van der Waals surface area contributed by atoms with Crippen LogP contribution in [0.5, 0.6) is 0 Å². The maximum Gasteiger partial charge on any atom is 0.195 e. The molecule has 0 amide bonds. The monoisotopic (exact) mass is 332 g/mol. The molecule has 6 atom stereocenters. The van der Waals surface area contributed by atoms with Gasteiger partial charge in [0.15, 0.2) is 11.4 Å². The van der Waals surface area contributed by atoms with Gasteiger partial charge in [-0.05, 0) is 42.6 Å². The number of aliphatic hydroxyl groups is 1. The van der Waals surface area contributed by atoms with Crippen LogP contribution in [-0.4, -0.2) is 34.5 Å². The Kier molecular flexibility index (Phi) is 3.29. The van der Waals surface area contributed by atoms with Gasteiger partial charge < -0.3 is 9.84 Å². The minimum Gasteiger partial charge on any atom is -0.389 e. The Bertz CT molecular complexity index is 636. The van der Waals surface area contributed by atoms with Crippen LogP contribution in [0.25, 0.3) is 0 Å². The summed E-state index contributed by atoms with van der Waals surface area (Å²) >= 11 is 0. The molecule has 3 saturated carbocycles. The Morgan fingerprint density at radius 2 is 1.92 bits per heavy atom. The third-order valence-electron chi connectivity index (χ3n) is 7.65. The van der Waals surface area contributed by atoms with Crippen molar-refractivity contribution in [2.45, 2.75) is 77.1 Å². The quantitative estimate of drug-likeness (QED) is 0.547. The van der Waals surface area contributed by atoms with Crippen LogP contribution < -0.4 is 0 Å². The van der Waals surface area contributed by atoms with Crippen molar-refractivity contribution in [1.29, 1.82) is 0 Å². The molecule has 1 saturated heterocycles. The van der Waals surface area contributed by atoms with E-state index in [0.29, 0.717) is 24.8 Å². The standard InChI is InChI=1S/C20H28O4/c1-11-12-6-7-14(21)19(4)9-5-8-18(2,3)13(19)10-15(22)20(16(11)23)17(12)24-20/h12-13,15,17,22H,1,5-10H2,2-4H3/t12-,13-,15-,17-,19-,20+/m1/s1. The summed E-state index contributed by atoms with van der Waals surface area (Å²) in [5.74, 6) is 0.119. The average molecular weight is 332 g/mol. The molecule has 4 aliphatic rings. The molecule has 0 aromatic carbocycles. The number of ketones is 2. The fraction of sp³-hybridized carbons (Fsp3) is 0.800. The van der Waals surface area contributed by atoms with Crippen LogP contribution in [-0.2, 0) is 14.3 Å². The van der Waals surface area contributed by atoms with Crippen LogP contribution in [0, 0.1) is 22.7 Å². The van der Waals surface area contributed by atoms with Crippen molar-refractivity contribution in [2.24, 2.45) is 22.7 Å². The zero-order valence-corrected chi connectivity index (χ0v) is 14.9. The smallest absolute Gasteiger partial charge is 0.195 e. The largest absolute Gasteiger partial charge is 0.389 e. The number of Topliss-reactive ketones (excluding diaryl/α,β-unsaturated/α-hetero) is 2. The van der Waals surface area contributed by atoms with Crippen molar-refractivity contribution >= 4 is 11.6 Å². The Labute approximate surface area is 143 Å². The molecule has 1 heterocycles. The molecule has 132 valence electrons. The summed E-state index contributed by atoms with van der Waals surface area (Å²) < 4.78 is 5.77. The summed E-state index contributed by atoms with van der Waals surface area (Å²) in [6.45, 7) is 10.4. The highest BCUT2D eigenvalue weighted by Crippen LogP contribution is 2.61. The van der Waals surface area contributed by atoms with E-state index in [2.05, 4.69) is 27.4 Å². The summed E-state index contributed by atoms with van der Waals surface area (Å²) in [5, 5.41) is 11.0. The van der Waals surface area contributed by atoms with E-state index in [9.17, 15) is 14.7 Å². The summed E-state index contributed by atoms with van der Waals surface area (Å²) in [4.78, 5) is 25.8. The molecule has 1 aliphatic heterocycles. The lowest BCUT2D eigenvalue weighted by Crippen LogP contribution is -2.50. The van der Waals surface area contributed by atoms with Gasteiger partial charge in [0, 0.05) is 17.8 Å². The molecule has 3 aliphatic carbocycles. The molecule has 0 aromatic heterocycles. The zero-order chi connectivity index (χ0) is 17.5. The number of rotatable bonds is 0. The normalized spacial score (nSPS) is 50.2. The predicted molar refractivity (Wildman–Crippen MR) is 89.3 cm³/mol. The number of fused-ring (bicyclic) bond motifs is 1. The highest BCUT2D eigenvalue weighted by Gasteiger charge is 2.75. The molecule has 4 heteroatoms. The first kappa shape index (κ1) is 16.5. The number of hydrogen-bond donors (Lipinski definition) is 1. The summed E-state index contributed by atoms with van der Waals surface area (Å²) in [6, 6.07) is 0. The first-order valence-electron chi connectivity index (χ1n) is 9.27. The summed E-state index contributed by atoms with van der Waals surface area (Å²) in [5.41, 5.74) is -0.948. The topological polar surface area (TPSA) is 66.9 Å². The Balaban J connectivity index is 1.77. The molecule has 24 heavy (non-hydrogen) atoms. The van der Waals surface area contributed by atoms with E-state index >= 15 is 0 Å². The number of carbonyl (C=O) groups excluding carboxylic acids is 2. The fourth-order valence-corrected chi connectivity index (χ4v) is 6.09. The van der Waals surface area contributed by atoms with E-state index < -0.39 is 17.1 Å². The van der Waals surface area contributed by atoms with Crippen LogP contribution in [0.1, 0.15) is 59.3 Å². The van der Waals surface area contributed by atoms with Gasteiger partial charge in [0.2, 0.25) is 0 Å². The van der Waals surface area contributed by atoms with E-state index in [1.807, 2.05) is 0 Å². The maximum absolute atomic E-state index is 13.1. The van der Waals surface area contributed by atoms with Crippen molar-refractivity contribution in [3.8, 4) is 0 Å². The van der Waals surface area contributed by atoms with Crippen molar-refractivity contribution in [1.82, 2.24) is 0 Å². The Hall–Kier alpha value is -1.00. The molecule has 0 aromatic rings. The zero-order valence-electron chi connectivity index (χ0n) is 14.9. The average Bonchev–Trinajstić information content (AvgIpc) is 3.21. The van der Waals surface area contributed by atoms with Crippen LogP contribution in [0.4, 0.5) is 0 Å². The van der Waals surface area contributed by atoms with Gasteiger partial charge in [-0.2, -0.15) is 0 Å². The highest BCUT2D eigenvalue weighted by atomic mass is 16.6. The van der Waals surface area contributed by atoms with Gasteiger partial charge in [0.1, 0.15) is 11.9 Å². The fourth-order valence-electron chi connectivity index (χ4n) is 6.09. The van der Waals surface area contributed by atoms with Crippen molar-refractivity contribution in [2.75, 3.05) is 0 Å². The second-order valence-electron chi connectivity index (χ2n) is 9.32. The molecule has 2 bridgehead atoms. The van der Waals surface area contributed by atoms with Gasteiger partial charge in [0.25, 0.3) is 0 Å². The van der Waals surface area contributed by atoms with Crippen molar-refractivity contribution in [3.63, 3.8) is 0 Å². The second-order valence-corrected chi connectivity index (χ2v) is 9.32. The Morgan fingerprint density at radius 1 is 1.21 bits per heavy atom. The van der Waals surface area contributed by atoms with Gasteiger partial charge in [-0.1, -0.05) is 33.8 Å². The van der Waals surface area contributed by atoms with E-state index in [4.69, 9.17) is 4.74 Å². The van der Waals surface area contributed by atoms with Crippen molar-refractivity contribution < 1.29 is 19.4 Å². The first-order valence-corrected chi connectivity index (χ1v) is 9.27. The minimum absolute atomic E-state index is 0.0259. The second kappa shape index (κ2) is 4.79. The number of aliphatic hydroxyl groups excluding tert-OH is 1. The number of ether oxygens (including phenoxy) is 1. The summed E-state index contributed by atoms with van der Waals surface area (Å²) in [6.07, 6.45) is 3.41. The minimum atomic E-state index is -1.06. The van der Waals surface area contributed by atoms with Crippen LogP contribution in [0.2, 0.25) is 0 Å². The number of epoxide rings is 1. The van der Waals surface area contributed by atoms with Gasteiger partial charge in [-0.15, -0.1) is 0 Å². The van der Waals surface area contributed by atoms with Gasteiger partial charge in [0.05, 0.1) is 6.10 Å². The molecule has 0 unspecified atom stereocenters. The summed E-state index contributed by atoms with van der Waals surface area (Å²) in [7, 11) is 0. The molecule has 4 rings (SSSR count). The molecule has 0 spiro atoms.